The smallest absolute Gasteiger partial charge is 0.305 e. The third-order valence-electron chi connectivity index (χ3n) is 3.33. The highest BCUT2D eigenvalue weighted by Crippen LogP contribution is 2.07. The molecular formula is C13H23ClN2O3. The van der Waals surface area contributed by atoms with Crippen LogP contribution in [0.15, 0.2) is 0 Å². The van der Waals surface area contributed by atoms with E-state index in [0.717, 1.165) is 39.1 Å². The Bertz CT molecular complexity index is 292. The average molecular weight is 291 g/mol. The molecule has 0 aromatic carbocycles. The van der Waals surface area contributed by atoms with E-state index in [1.165, 1.54) is 7.11 Å². The first-order valence-corrected chi connectivity index (χ1v) is 7.33. The topological polar surface area (TPSA) is 49.9 Å². The van der Waals surface area contributed by atoms with Gasteiger partial charge in [-0.3, -0.25) is 14.5 Å². The Morgan fingerprint density at radius 3 is 2.37 bits per heavy atom. The second kappa shape index (κ2) is 9.15. The number of ether oxygens (including phenoxy) is 1. The zero-order valence-electron chi connectivity index (χ0n) is 11.6. The molecule has 6 heteroatoms. The number of carbonyl (C=O) groups is 2. The van der Waals surface area contributed by atoms with Crippen molar-refractivity contribution in [3.8, 4) is 0 Å². The zero-order chi connectivity index (χ0) is 14.1. The second-order valence-electron chi connectivity index (χ2n) is 4.69. The maximum absolute atomic E-state index is 11.9. The molecule has 0 bridgehead atoms. The van der Waals surface area contributed by atoms with Crippen LogP contribution >= 0.6 is 11.6 Å². The first-order chi connectivity index (χ1) is 9.17. The van der Waals surface area contributed by atoms with Gasteiger partial charge in [-0.05, 0) is 19.4 Å². The summed E-state index contributed by atoms with van der Waals surface area (Å²) in [6.07, 6.45) is 2.31. The molecule has 1 rings (SSSR count). The predicted molar refractivity (Wildman–Crippen MR) is 74.2 cm³/mol. The van der Waals surface area contributed by atoms with Gasteiger partial charge in [-0.15, -0.1) is 11.6 Å². The molecule has 1 aliphatic heterocycles. The van der Waals surface area contributed by atoms with Gasteiger partial charge < -0.3 is 9.64 Å². The minimum Gasteiger partial charge on any atom is -0.469 e. The van der Waals surface area contributed by atoms with E-state index in [1.54, 1.807) is 0 Å². The number of alkyl halides is 1. The van der Waals surface area contributed by atoms with Crippen LogP contribution in [0.4, 0.5) is 0 Å². The number of rotatable bonds is 7. The number of hydrogen-bond acceptors (Lipinski definition) is 4. The minimum atomic E-state index is -0.251. The van der Waals surface area contributed by atoms with Gasteiger partial charge in [-0.25, -0.2) is 0 Å². The Labute approximate surface area is 119 Å². The van der Waals surface area contributed by atoms with Gasteiger partial charge >= 0.3 is 5.97 Å². The Balaban J connectivity index is 2.16. The van der Waals surface area contributed by atoms with Crippen LogP contribution in [0.5, 0.6) is 0 Å². The third-order valence-corrected chi connectivity index (χ3v) is 3.60. The van der Waals surface area contributed by atoms with Crippen LogP contribution in [-0.4, -0.2) is 67.4 Å². The molecule has 1 heterocycles. The molecule has 0 unspecified atom stereocenters. The number of esters is 1. The van der Waals surface area contributed by atoms with E-state index in [9.17, 15) is 9.59 Å². The van der Waals surface area contributed by atoms with Crippen LogP contribution in [0.1, 0.15) is 25.7 Å². The number of halogens is 1. The zero-order valence-corrected chi connectivity index (χ0v) is 12.3. The summed E-state index contributed by atoms with van der Waals surface area (Å²) in [5.74, 6) is 0.576. The Hall–Kier alpha value is -0.810. The molecule has 0 atom stereocenters. The Morgan fingerprint density at radius 2 is 1.79 bits per heavy atom. The van der Waals surface area contributed by atoms with Crippen molar-refractivity contribution in [2.75, 3.05) is 45.7 Å². The van der Waals surface area contributed by atoms with E-state index in [0.29, 0.717) is 25.1 Å². The van der Waals surface area contributed by atoms with Gasteiger partial charge in [0.15, 0.2) is 0 Å². The lowest BCUT2D eigenvalue weighted by Crippen LogP contribution is -2.48. The van der Waals surface area contributed by atoms with Gasteiger partial charge in [-0.2, -0.15) is 0 Å². The molecule has 0 aliphatic carbocycles. The van der Waals surface area contributed by atoms with E-state index in [-0.39, 0.29) is 11.9 Å². The van der Waals surface area contributed by atoms with Gasteiger partial charge in [0.1, 0.15) is 0 Å². The van der Waals surface area contributed by atoms with Crippen molar-refractivity contribution in [2.24, 2.45) is 0 Å². The predicted octanol–water partition coefficient (Wildman–Crippen LogP) is 1.10. The highest BCUT2D eigenvalue weighted by molar-refractivity contribution is 6.17. The van der Waals surface area contributed by atoms with E-state index in [1.807, 2.05) is 4.90 Å². The summed E-state index contributed by atoms with van der Waals surface area (Å²) >= 11 is 5.67. The summed E-state index contributed by atoms with van der Waals surface area (Å²) < 4.78 is 4.55. The van der Waals surface area contributed by atoms with Gasteiger partial charge in [0, 0.05) is 44.9 Å². The summed E-state index contributed by atoms with van der Waals surface area (Å²) in [6.45, 7) is 4.39. The molecule has 1 fully saturated rings. The highest BCUT2D eigenvalue weighted by atomic mass is 35.5. The van der Waals surface area contributed by atoms with Crippen molar-refractivity contribution in [3.63, 3.8) is 0 Å². The van der Waals surface area contributed by atoms with E-state index >= 15 is 0 Å². The van der Waals surface area contributed by atoms with Crippen LogP contribution in [0.25, 0.3) is 0 Å². The Kier molecular flexibility index (Phi) is 7.82. The van der Waals surface area contributed by atoms with Crippen molar-refractivity contribution >= 4 is 23.5 Å². The summed E-state index contributed by atoms with van der Waals surface area (Å²) in [6, 6.07) is 0. The molecule has 0 radical (unpaired) electrons. The van der Waals surface area contributed by atoms with Gasteiger partial charge in [0.2, 0.25) is 5.91 Å². The third kappa shape index (κ3) is 6.25. The Morgan fingerprint density at radius 1 is 1.11 bits per heavy atom. The molecular weight excluding hydrogens is 268 g/mol. The first-order valence-electron chi connectivity index (χ1n) is 6.80. The lowest BCUT2D eigenvalue weighted by molar-refractivity contribution is -0.141. The molecule has 0 aromatic rings. The first kappa shape index (κ1) is 16.2. The number of amides is 1. The maximum Gasteiger partial charge on any atom is 0.305 e. The fraction of sp³-hybridized carbons (Fsp3) is 0.846. The molecule has 1 saturated heterocycles. The summed E-state index contributed by atoms with van der Waals surface area (Å²) in [5, 5.41) is 0. The van der Waals surface area contributed by atoms with Crippen LogP contribution in [0.3, 0.4) is 0 Å². The minimum absolute atomic E-state index is 0.140. The standard InChI is InChI=1S/C13H23ClN2O3/c1-19-13(18)5-2-4-12(17)16-10-8-15(9-11-16)7-3-6-14/h2-11H2,1H3. The lowest BCUT2D eigenvalue weighted by Gasteiger charge is -2.34. The molecule has 5 nitrogen and oxygen atoms in total. The van der Waals surface area contributed by atoms with Crippen LogP contribution in [-0.2, 0) is 14.3 Å². The van der Waals surface area contributed by atoms with Crippen LogP contribution in [0.2, 0.25) is 0 Å². The van der Waals surface area contributed by atoms with Crippen molar-refractivity contribution in [1.29, 1.82) is 0 Å². The van der Waals surface area contributed by atoms with Crippen molar-refractivity contribution in [2.45, 2.75) is 25.7 Å². The summed E-state index contributed by atoms with van der Waals surface area (Å²) in [5.41, 5.74) is 0. The lowest BCUT2D eigenvalue weighted by atomic mass is 10.2. The maximum atomic E-state index is 11.9. The molecule has 0 saturated carbocycles. The van der Waals surface area contributed by atoms with Crippen LogP contribution in [0, 0.1) is 0 Å². The summed E-state index contributed by atoms with van der Waals surface area (Å²) in [4.78, 5) is 27.1. The molecule has 0 N–H and O–H groups in total. The van der Waals surface area contributed by atoms with Gasteiger partial charge in [0.25, 0.3) is 0 Å². The van der Waals surface area contributed by atoms with E-state index in [4.69, 9.17) is 11.6 Å². The summed E-state index contributed by atoms with van der Waals surface area (Å²) in [7, 11) is 1.37. The van der Waals surface area contributed by atoms with E-state index in [2.05, 4.69) is 9.64 Å². The number of hydrogen-bond donors (Lipinski definition) is 0. The number of methoxy groups -OCH3 is 1. The molecule has 0 aromatic heterocycles. The monoisotopic (exact) mass is 290 g/mol. The second-order valence-corrected chi connectivity index (χ2v) is 5.07. The fourth-order valence-electron chi connectivity index (χ4n) is 2.15. The number of carbonyl (C=O) groups excluding carboxylic acids is 2. The molecule has 19 heavy (non-hydrogen) atoms. The molecule has 1 amide bonds. The van der Waals surface area contributed by atoms with Crippen molar-refractivity contribution < 1.29 is 14.3 Å². The van der Waals surface area contributed by atoms with Crippen molar-refractivity contribution in [3.05, 3.63) is 0 Å². The van der Waals surface area contributed by atoms with Gasteiger partial charge in [-0.1, -0.05) is 0 Å². The molecule has 110 valence electrons. The van der Waals surface area contributed by atoms with Crippen LogP contribution < -0.4 is 0 Å². The SMILES string of the molecule is COC(=O)CCCC(=O)N1CCN(CCCCl)CC1. The molecule has 1 aliphatic rings. The highest BCUT2D eigenvalue weighted by Gasteiger charge is 2.20. The normalized spacial score (nSPS) is 16.4. The number of nitrogens with zero attached hydrogens (tertiary/aromatic N) is 2. The molecule has 0 spiro atoms. The van der Waals surface area contributed by atoms with E-state index < -0.39 is 0 Å². The quantitative estimate of drug-likeness (QED) is 0.520. The average Bonchev–Trinajstić information content (AvgIpc) is 2.45. The fourth-order valence-corrected chi connectivity index (χ4v) is 2.27. The van der Waals surface area contributed by atoms with Gasteiger partial charge in [0.05, 0.1) is 7.11 Å². The van der Waals surface area contributed by atoms with Crippen molar-refractivity contribution in [1.82, 2.24) is 9.80 Å². The largest absolute Gasteiger partial charge is 0.469 e. The number of piperazine rings is 1.